The largest absolute Gasteiger partial charge is 0.311 e. The first kappa shape index (κ1) is 11.4. The summed E-state index contributed by atoms with van der Waals surface area (Å²) in [4.78, 5) is 2.73. The maximum Gasteiger partial charge on any atom is 0.0244 e. The number of piperazine rings is 1. The minimum absolute atomic E-state index is 0.764. The van der Waals surface area contributed by atoms with Gasteiger partial charge in [-0.15, -0.1) is 0 Å². The van der Waals surface area contributed by atoms with E-state index in [0.717, 1.165) is 23.9 Å². The van der Waals surface area contributed by atoms with Crippen molar-refractivity contribution >= 4 is 0 Å². The van der Waals surface area contributed by atoms with Crippen LogP contribution in [-0.2, 0) is 0 Å². The highest BCUT2D eigenvalue weighted by molar-refractivity contribution is 4.95. The van der Waals surface area contributed by atoms with E-state index in [9.17, 15) is 0 Å². The fraction of sp³-hybridized carbons (Fsp3) is 1.00. The van der Waals surface area contributed by atoms with E-state index in [-0.39, 0.29) is 0 Å². The SMILES string of the molecule is CCCN1CC(C2CC2)NCC1C(C)C. The second kappa shape index (κ2) is 4.84. The van der Waals surface area contributed by atoms with Gasteiger partial charge in [0, 0.05) is 25.2 Å². The molecule has 2 aliphatic rings. The van der Waals surface area contributed by atoms with Gasteiger partial charge >= 0.3 is 0 Å². The lowest BCUT2D eigenvalue weighted by Crippen LogP contribution is -2.58. The monoisotopic (exact) mass is 210 g/mol. The second-order valence-corrected chi connectivity index (χ2v) is 5.66. The van der Waals surface area contributed by atoms with Crippen LogP contribution in [0.5, 0.6) is 0 Å². The van der Waals surface area contributed by atoms with Crippen LogP contribution in [0.3, 0.4) is 0 Å². The lowest BCUT2D eigenvalue weighted by Gasteiger charge is -2.42. The summed E-state index contributed by atoms with van der Waals surface area (Å²) in [6.45, 7) is 10.8. The molecule has 0 aromatic rings. The minimum Gasteiger partial charge on any atom is -0.311 e. The summed E-state index contributed by atoms with van der Waals surface area (Å²) in [5, 5.41) is 3.76. The van der Waals surface area contributed by atoms with Crippen LogP contribution in [-0.4, -0.2) is 36.6 Å². The van der Waals surface area contributed by atoms with Crippen molar-refractivity contribution in [1.82, 2.24) is 10.2 Å². The Bertz CT molecular complexity index is 199. The molecule has 1 saturated carbocycles. The van der Waals surface area contributed by atoms with E-state index >= 15 is 0 Å². The summed E-state index contributed by atoms with van der Waals surface area (Å²) in [6.07, 6.45) is 4.22. The van der Waals surface area contributed by atoms with Crippen molar-refractivity contribution < 1.29 is 0 Å². The van der Waals surface area contributed by atoms with Gasteiger partial charge in [-0.3, -0.25) is 4.90 Å². The number of nitrogens with one attached hydrogen (secondary N) is 1. The quantitative estimate of drug-likeness (QED) is 0.764. The zero-order valence-electron chi connectivity index (χ0n) is 10.5. The smallest absolute Gasteiger partial charge is 0.0244 e. The lowest BCUT2D eigenvalue weighted by atomic mass is 9.97. The van der Waals surface area contributed by atoms with Crippen LogP contribution >= 0.6 is 0 Å². The average Bonchev–Trinajstić information content (AvgIpc) is 3.01. The normalized spacial score (nSPS) is 33.6. The van der Waals surface area contributed by atoms with E-state index in [4.69, 9.17) is 0 Å². The van der Waals surface area contributed by atoms with Crippen LogP contribution in [0.4, 0.5) is 0 Å². The number of nitrogens with zero attached hydrogens (tertiary/aromatic N) is 1. The molecule has 0 spiro atoms. The zero-order chi connectivity index (χ0) is 10.8. The van der Waals surface area contributed by atoms with E-state index in [2.05, 4.69) is 31.0 Å². The molecule has 1 N–H and O–H groups in total. The molecule has 1 heterocycles. The van der Waals surface area contributed by atoms with Crippen LogP contribution in [0.15, 0.2) is 0 Å². The molecular weight excluding hydrogens is 184 g/mol. The maximum atomic E-state index is 3.76. The molecule has 2 fully saturated rings. The Labute approximate surface area is 94.4 Å². The van der Waals surface area contributed by atoms with Gasteiger partial charge in [0.2, 0.25) is 0 Å². The Kier molecular flexibility index (Phi) is 3.68. The van der Waals surface area contributed by atoms with Crippen LogP contribution in [0.25, 0.3) is 0 Å². The van der Waals surface area contributed by atoms with Crippen molar-refractivity contribution in [2.24, 2.45) is 11.8 Å². The highest BCUT2D eigenvalue weighted by Crippen LogP contribution is 2.34. The Morgan fingerprint density at radius 3 is 2.60 bits per heavy atom. The molecule has 0 aromatic carbocycles. The van der Waals surface area contributed by atoms with Crippen LogP contribution in [0.1, 0.15) is 40.0 Å². The fourth-order valence-corrected chi connectivity index (χ4v) is 2.87. The molecule has 2 nitrogen and oxygen atoms in total. The van der Waals surface area contributed by atoms with Crippen LogP contribution in [0, 0.1) is 11.8 Å². The molecule has 0 bridgehead atoms. The molecule has 2 atom stereocenters. The Morgan fingerprint density at radius 1 is 1.33 bits per heavy atom. The Morgan fingerprint density at radius 2 is 2.07 bits per heavy atom. The van der Waals surface area contributed by atoms with E-state index in [1.807, 2.05) is 0 Å². The molecule has 2 rings (SSSR count). The molecule has 1 aliphatic heterocycles. The molecule has 88 valence electrons. The summed E-state index contributed by atoms with van der Waals surface area (Å²) < 4.78 is 0. The van der Waals surface area contributed by atoms with Crippen molar-refractivity contribution in [2.45, 2.75) is 52.1 Å². The number of hydrogen-bond donors (Lipinski definition) is 1. The zero-order valence-corrected chi connectivity index (χ0v) is 10.5. The molecule has 2 heteroatoms. The third-order valence-corrected chi connectivity index (χ3v) is 3.96. The Balaban J connectivity index is 1.91. The summed E-state index contributed by atoms with van der Waals surface area (Å²) in [5.74, 6) is 1.78. The molecule has 1 saturated heterocycles. The van der Waals surface area contributed by atoms with Gasteiger partial charge in [0.1, 0.15) is 0 Å². The van der Waals surface area contributed by atoms with Crippen molar-refractivity contribution in [2.75, 3.05) is 19.6 Å². The summed E-state index contributed by atoms with van der Waals surface area (Å²) in [7, 11) is 0. The molecule has 0 aromatic heterocycles. The molecule has 0 amide bonds. The van der Waals surface area contributed by atoms with Gasteiger partial charge < -0.3 is 5.32 Å². The first-order valence-electron chi connectivity index (χ1n) is 6.69. The molecule has 1 aliphatic carbocycles. The Hall–Kier alpha value is -0.0800. The maximum absolute atomic E-state index is 3.76. The molecular formula is C13H26N2. The van der Waals surface area contributed by atoms with E-state index in [0.29, 0.717) is 0 Å². The van der Waals surface area contributed by atoms with Crippen molar-refractivity contribution in [3.8, 4) is 0 Å². The standard InChI is InChI=1S/C13H26N2/c1-4-7-15-9-12(11-5-6-11)14-8-13(15)10(2)3/h10-14H,4-9H2,1-3H3. The minimum atomic E-state index is 0.764. The van der Waals surface area contributed by atoms with Gasteiger partial charge in [-0.1, -0.05) is 20.8 Å². The van der Waals surface area contributed by atoms with Crippen molar-refractivity contribution in [1.29, 1.82) is 0 Å². The van der Waals surface area contributed by atoms with E-state index in [1.165, 1.54) is 38.9 Å². The van der Waals surface area contributed by atoms with Gasteiger partial charge in [0.15, 0.2) is 0 Å². The molecule has 0 radical (unpaired) electrons. The summed E-state index contributed by atoms with van der Waals surface area (Å²) in [5.41, 5.74) is 0. The number of hydrogen-bond acceptors (Lipinski definition) is 2. The topological polar surface area (TPSA) is 15.3 Å². The highest BCUT2D eigenvalue weighted by Gasteiger charge is 2.37. The van der Waals surface area contributed by atoms with Gasteiger partial charge in [0.05, 0.1) is 0 Å². The van der Waals surface area contributed by atoms with Crippen molar-refractivity contribution in [3.63, 3.8) is 0 Å². The van der Waals surface area contributed by atoms with Gasteiger partial charge in [-0.05, 0) is 37.6 Å². The summed E-state index contributed by atoms with van der Waals surface area (Å²) >= 11 is 0. The van der Waals surface area contributed by atoms with Crippen molar-refractivity contribution in [3.05, 3.63) is 0 Å². The fourth-order valence-electron chi connectivity index (χ4n) is 2.87. The lowest BCUT2D eigenvalue weighted by molar-refractivity contribution is 0.0925. The van der Waals surface area contributed by atoms with Gasteiger partial charge in [0.25, 0.3) is 0 Å². The first-order valence-corrected chi connectivity index (χ1v) is 6.69. The third kappa shape index (κ3) is 2.73. The van der Waals surface area contributed by atoms with Gasteiger partial charge in [-0.25, -0.2) is 0 Å². The first-order chi connectivity index (χ1) is 7.22. The summed E-state index contributed by atoms with van der Waals surface area (Å²) in [6, 6.07) is 1.56. The highest BCUT2D eigenvalue weighted by atomic mass is 15.2. The second-order valence-electron chi connectivity index (χ2n) is 5.66. The molecule has 2 unspecified atom stereocenters. The van der Waals surface area contributed by atoms with E-state index < -0.39 is 0 Å². The third-order valence-electron chi connectivity index (χ3n) is 3.96. The predicted molar refractivity (Wildman–Crippen MR) is 65.0 cm³/mol. The molecule has 15 heavy (non-hydrogen) atoms. The predicted octanol–water partition coefficient (Wildman–Crippen LogP) is 2.10. The van der Waals surface area contributed by atoms with Crippen LogP contribution < -0.4 is 5.32 Å². The average molecular weight is 210 g/mol. The van der Waals surface area contributed by atoms with Crippen LogP contribution in [0.2, 0.25) is 0 Å². The van der Waals surface area contributed by atoms with Gasteiger partial charge in [-0.2, -0.15) is 0 Å². The number of rotatable bonds is 4. The van der Waals surface area contributed by atoms with E-state index in [1.54, 1.807) is 0 Å².